The molecule has 0 aliphatic carbocycles. The number of amides is 3. The number of β-amino-alcohol motifs (C(OH)–C–C–N with tert-alkyl or cyclic N) is 1. The van der Waals surface area contributed by atoms with Gasteiger partial charge in [-0.05, 0) is 36.1 Å². The first-order chi connectivity index (χ1) is 25.0. The number of ether oxygens (including phenoxy) is 4. The van der Waals surface area contributed by atoms with Crippen LogP contribution in [-0.4, -0.2) is 120 Å². The van der Waals surface area contributed by atoms with Crippen molar-refractivity contribution in [1.82, 2.24) is 20.1 Å². The molecule has 1 aromatic heterocycles. The number of aliphatic carboxylic acids is 1. The highest BCUT2D eigenvalue weighted by Crippen LogP contribution is 2.33. The minimum Gasteiger partial charge on any atom is -0.491 e. The first kappa shape index (κ1) is 38.8. The molecule has 2 aromatic carbocycles. The Bertz CT molecular complexity index is 1710. The van der Waals surface area contributed by atoms with Gasteiger partial charge in [0.1, 0.15) is 31.0 Å². The second-order valence-electron chi connectivity index (χ2n) is 13.0. The van der Waals surface area contributed by atoms with Crippen molar-refractivity contribution in [3.63, 3.8) is 0 Å². The van der Waals surface area contributed by atoms with Gasteiger partial charge in [-0.25, -0.2) is 9.78 Å². The number of carboxylic acids is 1. The molecule has 14 nitrogen and oxygen atoms in total. The van der Waals surface area contributed by atoms with E-state index in [1.165, 1.54) is 16.2 Å². The number of benzene rings is 2. The Labute approximate surface area is 306 Å². The number of fused-ring (bicyclic) bond motifs is 1. The van der Waals surface area contributed by atoms with Crippen LogP contribution < -0.4 is 10.1 Å². The first-order valence-corrected chi connectivity index (χ1v) is 18.2. The molecule has 3 atom stereocenters. The molecule has 0 radical (unpaired) electrons. The van der Waals surface area contributed by atoms with Gasteiger partial charge in [0.05, 0.1) is 55.2 Å². The SMILES string of the molecule is Cc1ncsc1-c1ccc(CNC(=O)[C@@H]2C[C@@H](O)CN2C(=O)[C@@H](C(C)C)N2Cc3ccccc3C2=O)c(OCCOCCOCCOCC(=O)O)c1. The summed E-state index contributed by atoms with van der Waals surface area (Å²) >= 11 is 1.51. The van der Waals surface area contributed by atoms with Gasteiger partial charge in [0, 0.05) is 37.2 Å². The molecule has 52 heavy (non-hydrogen) atoms. The Morgan fingerprint density at radius 1 is 1.02 bits per heavy atom. The molecule has 0 spiro atoms. The second kappa shape index (κ2) is 18.4. The van der Waals surface area contributed by atoms with Gasteiger partial charge in [-0.15, -0.1) is 11.3 Å². The number of aryl methyl sites for hydroxylation is 1. The highest BCUT2D eigenvalue weighted by atomic mass is 32.1. The van der Waals surface area contributed by atoms with E-state index in [0.717, 1.165) is 21.7 Å². The maximum absolute atomic E-state index is 14.1. The van der Waals surface area contributed by atoms with Crippen LogP contribution in [0, 0.1) is 12.8 Å². The van der Waals surface area contributed by atoms with E-state index in [-0.39, 0.29) is 70.3 Å². The Balaban J connectivity index is 1.20. The van der Waals surface area contributed by atoms with Crippen LogP contribution in [0.2, 0.25) is 0 Å². The molecule has 0 saturated carbocycles. The molecular weight excluding hydrogens is 692 g/mol. The van der Waals surface area contributed by atoms with Crippen molar-refractivity contribution < 1.29 is 48.3 Å². The topological polar surface area (TPSA) is 177 Å². The van der Waals surface area contributed by atoms with Crippen LogP contribution in [-0.2, 0) is 41.7 Å². The number of carbonyl (C=O) groups excluding carboxylic acids is 3. The molecule has 0 unspecified atom stereocenters. The lowest BCUT2D eigenvalue weighted by molar-refractivity contribution is -0.143. The summed E-state index contributed by atoms with van der Waals surface area (Å²) < 4.78 is 22.1. The number of aliphatic hydroxyl groups is 1. The first-order valence-electron chi connectivity index (χ1n) is 17.3. The lowest BCUT2D eigenvalue weighted by Crippen LogP contribution is -2.55. The van der Waals surface area contributed by atoms with Crippen LogP contribution in [0.4, 0.5) is 0 Å². The number of thiazole rings is 1. The van der Waals surface area contributed by atoms with E-state index in [1.807, 2.05) is 51.1 Å². The number of aliphatic hydroxyl groups excluding tert-OH is 1. The van der Waals surface area contributed by atoms with Crippen molar-refractivity contribution in [1.29, 1.82) is 0 Å². The second-order valence-corrected chi connectivity index (χ2v) is 13.9. The minimum absolute atomic E-state index is 0.00405. The maximum atomic E-state index is 14.1. The summed E-state index contributed by atoms with van der Waals surface area (Å²) in [6.07, 6.45) is -0.796. The average molecular weight is 739 g/mol. The van der Waals surface area contributed by atoms with Crippen molar-refractivity contribution >= 4 is 35.0 Å². The Morgan fingerprint density at radius 2 is 1.73 bits per heavy atom. The standard InChI is InChI=1S/C37H46N4O10S/c1-23(2)33(41-19-27-6-4-5-7-29(27)36(41)46)37(47)40-20-28(42)17-30(40)35(45)38-18-26-9-8-25(34-24(3)39-22-52-34)16-31(26)51-15-14-49-11-10-48-12-13-50-21-32(43)44/h4-9,16,22-23,28,30,33,42H,10-15,17-21H2,1-3H3,(H,38,45)(H,43,44)/t28-,30+,33-/m1/s1. The predicted molar refractivity (Wildman–Crippen MR) is 191 cm³/mol. The number of nitrogens with zero attached hydrogens (tertiary/aromatic N) is 3. The molecular formula is C37H46N4O10S. The third-order valence-electron chi connectivity index (χ3n) is 8.92. The normalized spacial score (nSPS) is 17.4. The van der Waals surface area contributed by atoms with Crippen molar-refractivity contribution in [2.24, 2.45) is 5.92 Å². The lowest BCUT2D eigenvalue weighted by atomic mass is 10.0. The van der Waals surface area contributed by atoms with E-state index in [9.17, 15) is 24.3 Å². The molecule has 280 valence electrons. The molecule has 3 aromatic rings. The highest BCUT2D eigenvalue weighted by molar-refractivity contribution is 7.13. The van der Waals surface area contributed by atoms with Gasteiger partial charge in [0.25, 0.3) is 5.91 Å². The van der Waals surface area contributed by atoms with E-state index in [2.05, 4.69) is 10.3 Å². The van der Waals surface area contributed by atoms with Crippen LogP contribution >= 0.6 is 11.3 Å². The highest BCUT2D eigenvalue weighted by Gasteiger charge is 2.45. The van der Waals surface area contributed by atoms with E-state index < -0.39 is 30.1 Å². The molecule has 1 saturated heterocycles. The zero-order chi connectivity index (χ0) is 37.2. The van der Waals surface area contributed by atoms with Gasteiger partial charge in [-0.2, -0.15) is 0 Å². The third-order valence-corrected chi connectivity index (χ3v) is 9.89. The fourth-order valence-electron chi connectivity index (χ4n) is 6.42. The predicted octanol–water partition coefficient (Wildman–Crippen LogP) is 2.89. The molecule has 3 amide bonds. The monoisotopic (exact) mass is 738 g/mol. The van der Waals surface area contributed by atoms with E-state index in [4.69, 9.17) is 24.1 Å². The molecule has 2 aliphatic heterocycles. The van der Waals surface area contributed by atoms with Gasteiger partial charge < -0.3 is 44.3 Å². The fraction of sp³-hybridized carbons (Fsp3) is 0.486. The Morgan fingerprint density at radius 3 is 2.40 bits per heavy atom. The van der Waals surface area contributed by atoms with Crippen LogP contribution in [0.3, 0.4) is 0 Å². The molecule has 3 N–H and O–H groups in total. The van der Waals surface area contributed by atoms with Crippen molar-refractivity contribution in [2.45, 2.75) is 58.5 Å². The number of likely N-dealkylation sites (tertiary alicyclic amines) is 1. The average Bonchev–Trinajstić information content (AvgIpc) is 3.82. The molecule has 3 heterocycles. The molecule has 0 bridgehead atoms. The number of carbonyl (C=O) groups is 4. The van der Waals surface area contributed by atoms with Crippen LogP contribution in [0.15, 0.2) is 48.0 Å². The van der Waals surface area contributed by atoms with E-state index in [1.54, 1.807) is 22.5 Å². The quantitative estimate of drug-likeness (QED) is 0.154. The van der Waals surface area contributed by atoms with E-state index in [0.29, 0.717) is 36.6 Å². The summed E-state index contributed by atoms with van der Waals surface area (Å²) in [5.41, 5.74) is 5.72. The van der Waals surface area contributed by atoms with Gasteiger partial charge >= 0.3 is 5.97 Å². The number of hydrogen-bond acceptors (Lipinski definition) is 11. The summed E-state index contributed by atoms with van der Waals surface area (Å²) in [6, 6.07) is 11.3. The Hall–Kier alpha value is -4.41. The smallest absolute Gasteiger partial charge is 0.329 e. The number of nitrogens with one attached hydrogen (secondary N) is 1. The number of carboxylic acid groups (broad SMARTS) is 1. The molecule has 2 aliphatic rings. The fourth-order valence-corrected chi connectivity index (χ4v) is 7.22. The number of aromatic nitrogens is 1. The Kier molecular flexibility index (Phi) is 13.7. The van der Waals surface area contributed by atoms with Crippen molar-refractivity contribution in [2.75, 3.05) is 52.8 Å². The minimum atomic E-state index is -1.03. The summed E-state index contributed by atoms with van der Waals surface area (Å²) in [5, 5.41) is 22.2. The van der Waals surface area contributed by atoms with Gasteiger partial charge in [-0.1, -0.05) is 44.2 Å². The van der Waals surface area contributed by atoms with Crippen molar-refractivity contribution in [3.8, 4) is 16.2 Å². The third kappa shape index (κ3) is 9.72. The number of hydrogen-bond donors (Lipinski definition) is 3. The summed E-state index contributed by atoms with van der Waals surface area (Å²) in [4.78, 5) is 60.0. The molecule has 1 fully saturated rings. The zero-order valence-corrected chi connectivity index (χ0v) is 30.4. The summed E-state index contributed by atoms with van der Waals surface area (Å²) in [5.74, 6) is -1.70. The van der Waals surface area contributed by atoms with Gasteiger partial charge in [-0.3, -0.25) is 14.4 Å². The zero-order valence-electron chi connectivity index (χ0n) is 29.6. The summed E-state index contributed by atoms with van der Waals surface area (Å²) in [6.45, 7) is 7.26. The number of rotatable bonds is 19. The van der Waals surface area contributed by atoms with Gasteiger partial charge in [0.2, 0.25) is 11.8 Å². The largest absolute Gasteiger partial charge is 0.491 e. The van der Waals surface area contributed by atoms with Crippen LogP contribution in [0.5, 0.6) is 5.75 Å². The van der Waals surface area contributed by atoms with Gasteiger partial charge in [0.15, 0.2) is 0 Å². The van der Waals surface area contributed by atoms with Crippen LogP contribution in [0.1, 0.15) is 47.4 Å². The summed E-state index contributed by atoms with van der Waals surface area (Å²) in [7, 11) is 0. The lowest BCUT2D eigenvalue weighted by Gasteiger charge is -2.35. The van der Waals surface area contributed by atoms with Crippen LogP contribution in [0.25, 0.3) is 10.4 Å². The van der Waals surface area contributed by atoms with Crippen molar-refractivity contribution in [3.05, 3.63) is 70.4 Å². The molecule has 5 rings (SSSR count). The maximum Gasteiger partial charge on any atom is 0.329 e. The van der Waals surface area contributed by atoms with E-state index >= 15 is 0 Å². The molecule has 15 heteroatoms.